The average Bonchev–Trinajstić information content (AvgIpc) is 3.20. The SMILES string of the molecule is CC/C=C\C/C=C\C/C=C\C/C=C\C/C=C\C/C=C\CCC(=O)O[C@H](COC(=O)CCC/C=C\C/C=C\C/C=C\C/C=C\C/C=C\CC)COP(=O)(O)OCCN. The Morgan fingerprint density at radius 1 is 0.526 bits per heavy atom. The zero-order valence-electron chi connectivity index (χ0n) is 34.8. The minimum Gasteiger partial charge on any atom is -0.462 e. The predicted octanol–water partition coefficient (Wildman–Crippen LogP) is 11.9. The van der Waals surface area contributed by atoms with E-state index in [2.05, 4.69) is 129 Å². The van der Waals surface area contributed by atoms with Gasteiger partial charge in [0.05, 0.1) is 13.2 Å². The zero-order chi connectivity index (χ0) is 41.8. The molecule has 0 rings (SSSR count). The molecule has 0 fully saturated rings. The highest BCUT2D eigenvalue weighted by Crippen LogP contribution is 2.43. The summed E-state index contributed by atoms with van der Waals surface area (Å²) in [5.41, 5.74) is 5.33. The Hall–Kier alpha value is -3.85. The molecule has 0 heterocycles. The summed E-state index contributed by atoms with van der Waals surface area (Å²) < 4.78 is 32.6. The van der Waals surface area contributed by atoms with Crippen LogP contribution in [-0.2, 0) is 32.7 Å². The van der Waals surface area contributed by atoms with Gasteiger partial charge in [-0.3, -0.25) is 18.6 Å². The molecule has 0 aliphatic heterocycles. The first-order chi connectivity index (χ1) is 27.8. The van der Waals surface area contributed by atoms with E-state index < -0.39 is 32.5 Å². The Balaban J connectivity index is 4.44. The van der Waals surface area contributed by atoms with Crippen LogP contribution in [0.15, 0.2) is 134 Å². The van der Waals surface area contributed by atoms with Crippen LogP contribution in [0, 0.1) is 0 Å². The van der Waals surface area contributed by atoms with E-state index in [1.807, 2.05) is 18.2 Å². The van der Waals surface area contributed by atoms with Crippen LogP contribution in [0.5, 0.6) is 0 Å². The highest BCUT2D eigenvalue weighted by Gasteiger charge is 2.25. The predicted molar refractivity (Wildman–Crippen MR) is 237 cm³/mol. The van der Waals surface area contributed by atoms with Crippen molar-refractivity contribution in [1.29, 1.82) is 0 Å². The fraction of sp³-hybridized carbons (Fsp3) is 0.489. The minimum atomic E-state index is -4.42. The lowest BCUT2D eigenvalue weighted by molar-refractivity contribution is -0.161. The third kappa shape index (κ3) is 41.6. The summed E-state index contributed by atoms with van der Waals surface area (Å²) in [4.78, 5) is 34.8. The van der Waals surface area contributed by atoms with Gasteiger partial charge in [0, 0.05) is 19.4 Å². The van der Waals surface area contributed by atoms with Gasteiger partial charge in [-0.15, -0.1) is 0 Å². The molecule has 0 bridgehead atoms. The van der Waals surface area contributed by atoms with Crippen LogP contribution in [0.4, 0.5) is 0 Å². The van der Waals surface area contributed by atoms with Crippen molar-refractivity contribution in [1.82, 2.24) is 0 Å². The number of carbonyl (C=O) groups is 2. The highest BCUT2D eigenvalue weighted by atomic mass is 31.2. The molecule has 10 heteroatoms. The largest absolute Gasteiger partial charge is 0.472 e. The summed E-state index contributed by atoms with van der Waals surface area (Å²) in [6.07, 6.45) is 57.9. The third-order valence-corrected chi connectivity index (χ3v) is 8.53. The zero-order valence-corrected chi connectivity index (χ0v) is 35.6. The second kappa shape index (κ2) is 41.8. The maximum absolute atomic E-state index is 12.5. The van der Waals surface area contributed by atoms with Gasteiger partial charge < -0.3 is 20.1 Å². The van der Waals surface area contributed by atoms with Crippen molar-refractivity contribution in [3.63, 3.8) is 0 Å². The molecule has 0 saturated heterocycles. The Morgan fingerprint density at radius 2 is 0.912 bits per heavy atom. The normalized spacial score (nSPS) is 14.7. The van der Waals surface area contributed by atoms with Crippen molar-refractivity contribution in [3.05, 3.63) is 134 Å². The smallest absolute Gasteiger partial charge is 0.462 e. The van der Waals surface area contributed by atoms with E-state index in [0.29, 0.717) is 19.3 Å². The third-order valence-electron chi connectivity index (χ3n) is 7.55. The van der Waals surface area contributed by atoms with Gasteiger partial charge in [-0.25, -0.2) is 4.57 Å². The molecule has 0 aliphatic carbocycles. The first kappa shape index (κ1) is 53.1. The van der Waals surface area contributed by atoms with E-state index in [9.17, 15) is 19.0 Å². The molecule has 318 valence electrons. The molecule has 0 amide bonds. The summed E-state index contributed by atoms with van der Waals surface area (Å²) in [7, 11) is -4.42. The molecule has 2 atom stereocenters. The lowest BCUT2D eigenvalue weighted by Crippen LogP contribution is -2.29. The number of hydrogen-bond acceptors (Lipinski definition) is 8. The molecule has 0 aromatic heterocycles. The number of rotatable bonds is 36. The van der Waals surface area contributed by atoms with Crippen molar-refractivity contribution in [2.24, 2.45) is 5.73 Å². The number of allylic oxidation sites excluding steroid dienone is 22. The first-order valence-corrected chi connectivity index (χ1v) is 22.2. The van der Waals surface area contributed by atoms with Crippen molar-refractivity contribution < 1.29 is 37.6 Å². The molecular formula is C47H72NO8P. The molecule has 1 unspecified atom stereocenters. The Labute approximate surface area is 344 Å². The Kier molecular flexibility index (Phi) is 39.0. The maximum atomic E-state index is 12.5. The molecule has 3 N–H and O–H groups in total. The number of carbonyl (C=O) groups excluding carboxylic acids is 2. The van der Waals surface area contributed by atoms with Gasteiger partial charge in [-0.2, -0.15) is 0 Å². The molecule has 0 spiro atoms. The molecule has 9 nitrogen and oxygen atoms in total. The van der Waals surface area contributed by atoms with E-state index in [-0.39, 0.29) is 32.6 Å². The number of ether oxygens (including phenoxy) is 2. The minimum absolute atomic E-state index is 0.0259. The van der Waals surface area contributed by atoms with Crippen molar-refractivity contribution in [3.8, 4) is 0 Å². The molecule has 57 heavy (non-hydrogen) atoms. The van der Waals surface area contributed by atoms with E-state index in [4.69, 9.17) is 24.3 Å². The molecule has 0 saturated carbocycles. The Bertz CT molecular complexity index is 1380. The van der Waals surface area contributed by atoms with E-state index in [0.717, 1.165) is 70.6 Å². The summed E-state index contributed by atoms with van der Waals surface area (Å²) in [6, 6.07) is 0. The molecule has 0 radical (unpaired) electrons. The van der Waals surface area contributed by atoms with Crippen LogP contribution in [0.2, 0.25) is 0 Å². The van der Waals surface area contributed by atoms with Gasteiger partial charge in [0.25, 0.3) is 0 Å². The molecule has 0 aliphatic rings. The first-order valence-electron chi connectivity index (χ1n) is 20.7. The van der Waals surface area contributed by atoms with Crippen molar-refractivity contribution in [2.75, 3.05) is 26.4 Å². The van der Waals surface area contributed by atoms with E-state index in [1.54, 1.807) is 0 Å². The summed E-state index contributed by atoms with van der Waals surface area (Å²) in [6.45, 7) is 3.30. The number of unbranched alkanes of at least 4 members (excludes halogenated alkanes) is 1. The standard InChI is InChI=1S/C47H72NO8P/c1-3-5-7-9-11-13-15-17-19-21-22-24-26-28-30-32-34-36-38-40-47(50)56-45(44-55-57(51,52)54-42-41-48)43-53-46(49)39-37-35-33-31-29-27-25-23-20-18-16-14-12-10-8-6-4-2/h5-8,11-14,17-20,22,24-25,27-28,30-31,33-34,36,45H,3-4,9-10,15-16,21,23,26,29,32,35,37-44,48H2,1-2H3,(H,51,52)/b7-5-,8-6-,13-11-,14-12-,19-17-,20-18-,24-22-,27-25-,30-28-,33-31-,36-34-/t45-/m1/s1. The van der Waals surface area contributed by atoms with Gasteiger partial charge in [0.1, 0.15) is 6.61 Å². The van der Waals surface area contributed by atoms with Crippen LogP contribution in [0.1, 0.15) is 117 Å². The number of esters is 2. The van der Waals surface area contributed by atoms with Gasteiger partial charge in [0.15, 0.2) is 6.10 Å². The number of phosphoric acid groups is 1. The summed E-state index contributed by atoms with van der Waals surface area (Å²) >= 11 is 0. The quantitative estimate of drug-likeness (QED) is 0.0274. The Morgan fingerprint density at radius 3 is 1.32 bits per heavy atom. The highest BCUT2D eigenvalue weighted by molar-refractivity contribution is 7.47. The number of hydrogen-bond donors (Lipinski definition) is 2. The lowest BCUT2D eigenvalue weighted by atomic mass is 10.2. The number of nitrogens with two attached hydrogens (primary N) is 1. The van der Waals surface area contributed by atoms with E-state index >= 15 is 0 Å². The number of phosphoric ester groups is 1. The van der Waals surface area contributed by atoms with Crippen LogP contribution in [0.25, 0.3) is 0 Å². The molecular weight excluding hydrogens is 737 g/mol. The van der Waals surface area contributed by atoms with Crippen LogP contribution < -0.4 is 5.73 Å². The second-order valence-electron chi connectivity index (χ2n) is 12.7. The molecule has 0 aromatic carbocycles. The fourth-order valence-electron chi connectivity index (χ4n) is 4.58. The monoisotopic (exact) mass is 809 g/mol. The van der Waals surface area contributed by atoms with Crippen molar-refractivity contribution >= 4 is 19.8 Å². The van der Waals surface area contributed by atoms with Crippen LogP contribution >= 0.6 is 7.82 Å². The van der Waals surface area contributed by atoms with Gasteiger partial charge in [0.2, 0.25) is 0 Å². The van der Waals surface area contributed by atoms with Crippen LogP contribution in [0.3, 0.4) is 0 Å². The maximum Gasteiger partial charge on any atom is 0.472 e. The van der Waals surface area contributed by atoms with Gasteiger partial charge >= 0.3 is 19.8 Å². The van der Waals surface area contributed by atoms with E-state index in [1.165, 1.54) is 0 Å². The fourth-order valence-corrected chi connectivity index (χ4v) is 5.34. The van der Waals surface area contributed by atoms with Gasteiger partial charge in [-0.1, -0.05) is 148 Å². The summed E-state index contributed by atoms with van der Waals surface area (Å²) in [5, 5.41) is 0. The summed E-state index contributed by atoms with van der Waals surface area (Å²) in [5.74, 6) is -1.01. The van der Waals surface area contributed by atoms with Gasteiger partial charge in [-0.05, 0) is 89.9 Å². The molecule has 0 aromatic rings. The second-order valence-corrected chi connectivity index (χ2v) is 14.2. The van der Waals surface area contributed by atoms with Crippen LogP contribution in [-0.4, -0.2) is 49.3 Å². The van der Waals surface area contributed by atoms with Crippen molar-refractivity contribution in [2.45, 2.75) is 123 Å². The topological polar surface area (TPSA) is 134 Å². The lowest BCUT2D eigenvalue weighted by Gasteiger charge is -2.19. The average molecular weight is 810 g/mol.